The third-order valence-electron chi connectivity index (χ3n) is 6.25. The van der Waals surface area contributed by atoms with Crippen molar-refractivity contribution in [3.63, 3.8) is 0 Å². The largest absolute Gasteiger partial charge is 0.475 e. The highest BCUT2D eigenvalue weighted by atomic mass is 32.1. The topological polar surface area (TPSA) is 72.4 Å². The number of carbonyl (C=O) groups is 2. The first-order chi connectivity index (χ1) is 16.2. The van der Waals surface area contributed by atoms with E-state index < -0.39 is 0 Å². The maximum Gasteiger partial charge on any atom is 0.261 e. The highest BCUT2D eigenvalue weighted by Crippen LogP contribution is 2.40. The minimum absolute atomic E-state index is 0.171. The fourth-order valence-corrected chi connectivity index (χ4v) is 5.87. The fourth-order valence-electron chi connectivity index (χ4n) is 4.62. The molecule has 4 aromatic rings. The molecule has 0 radical (unpaired) electrons. The molecule has 0 bridgehead atoms. The van der Waals surface area contributed by atoms with Crippen LogP contribution >= 0.6 is 11.3 Å². The maximum atomic E-state index is 12.7. The van der Waals surface area contributed by atoms with Gasteiger partial charge >= 0.3 is 0 Å². The molecule has 164 valence electrons. The molecule has 0 fully saturated rings. The summed E-state index contributed by atoms with van der Waals surface area (Å²) in [5.74, 6) is 0.613. The Hall–Kier alpha value is -3.58. The van der Waals surface area contributed by atoms with Gasteiger partial charge in [-0.2, -0.15) is 4.98 Å². The van der Waals surface area contributed by atoms with Crippen molar-refractivity contribution >= 4 is 33.4 Å². The van der Waals surface area contributed by atoms with Crippen LogP contribution in [0.2, 0.25) is 0 Å². The summed E-state index contributed by atoms with van der Waals surface area (Å²) in [6.45, 7) is 0.348. The molecule has 0 saturated heterocycles. The predicted molar refractivity (Wildman–Crippen MR) is 127 cm³/mol. The summed E-state index contributed by atoms with van der Waals surface area (Å²) in [5, 5.41) is 0.983. The zero-order valence-electron chi connectivity index (χ0n) is 17.9. The van der Waals surface area contributed by atoms with Crippen molar-refractivity contribution in [2.75, 3.05) is 13.2 Å². The van der Waals surface area contributed by atoms with Gasteiger partial charge in [-0.3, -0.25) is 14.5 Å². The van der Waals surface area contributed by atoms with Crippen LogP contribution in [0.15, 0.2) is 54.6 Å². The lowest BCUT2D eigenvalue weighted by atomic mass is 9.97. The molecule has 2 amide bonds. The van der Waals surface area contributed by atoms with E-state index in [1.807, 2.05) is 30.3 Å². The first kappa shape index (κ1) is 20.1. The number of ether oxygens (including phenoxy) is 1. The van der Waals surface area contributed by atoms with Gasteiger partial charge in [-0.05, 0) is 43.4 Å². The average Bonchev–Trinajstić information content (AvgIpc) is 3.35. The quantitative estimate of drug-likeness (QED) is 0.400. The lowest BCUT2D eigenvalue weighted by Crippen LogP contribution is -2.33. The molecule has 3 heterocycles. The molecule has 2 aromatic carbocycles. The second kappa shape index (κ2) is 8.08. The SMILES string of the molecule is O=C1c2ccccc2C(=O)N1CCOc1nc(-c2ccccc2)nc2sc3c(c12)CCCC3. The van der Waals surface area contributed by atoms with Crippen LogP contribution in [0.1, 0.15) is 44.0 Å². The molecular formula is C26H21N3O3S. The van der Waals surface area contributed by atoms with Gasteiger partial charge < -0.3 is 4.74 Å². The molecule has 0 atom stereocenters. The molecule has 6 nitrogen and oxygen atoms in total. The summed E-state index contributed by atoms with van der Waals surface area (Å²) in [7, 11) is 0. The van der Waals surface area contributed by atoms with E-state index in [-0.39, 0.29) is 25.0 Å². The number of rotatable bonds is 5. The Morgan fingerprint density at radius 1 is 0.879 bits per heavy atom. The van der Waals surface area contributed by atoms with Gasteiger partial charge in [0.05, 0.1) is 23.1 Å². The molecule has 7 heteroatoms. The molecule has 0 N–H and O–H groups in total. The van der Waals surface area contributed by atoms with Crippen molar-refractivity contribution in [1.29, 1.82) is 0 Å². The third kappa shape index (κ3) is 3.40. The van der Waals surface area contributed by atoms with E-state index in [0.29, 0.717) is 22.8 Å². The highest BCUT2D eigenvalue weighted by Gasteiger charge is 2.35. The molecule has 2 aromatic heterocycles. The third-order valence-corrected chi connectivity index (χ3v) is 7.43. The Morgan fingerprint density at radius 3 is 2.33 bits per heavy atom. The van der Waals surface area contributed by atoms with Crippen molar-refractivity contribution in [2.45, 2.75) is 25.7 Å². The van der Waals surface area contributed by atoms with Crippen molar-refractivity contribution in [2.24, 2.45) is 0 Å². The summed E-state index contributed by atoms with van der Waals surface area (Å²) in [6, 6.07) is 16.8. The number of benzene rings is 2. The second-order valence-corrected chi connectivity index (χ2v) is 9.35. The molecule has 6 rings (SSSR count). The van der Waals surface area contributed by atoms with Gasteiger partial charge in [-0.15, -0.1) is 11.3 Å². The second-order valence-electron chi connectivity index (χ2n) is 8.27. The van der Waals surface area contributed by atoms with Crippen molar-refractivity contribution in [3.05, 3.63) is 76.2 Å². The number of aryl methyl sites for hydroxylation is 2. The number of thiophene rings is 1. The van der Waals surface area contributed by atoms with Crippen LogP contribution in [0.5, 0.6) is 5.88 Å². The van der Waals surface area contributed by atoms with Crippen molar-refractivity contribution in [3.8, 4) is 17.3 Å². The number of fused-ring (bicyclic) bond motifs is 4. The zero-order valence-corrected chi connectivity index (χ0v) is 18.7. The molecule has 0 saturated carbocycles. The number of nitrogens with zero attached hydrogens (tertiary/aromatic N) is 3. The Balaban J connectivity index is 1.32. The van der Waals surface area contributed by atoms with Gasteiger partial charge in [0.25, 0.3) is 11.8 Å². The molecule has 1 aliphatic carbocycles. The fraction of sp³-hybridized carbons (Fsp3) is 0.231. The standard InChI is InChI=1S/C26H21N3O3S/c30-25-17-10-4-5-11-18(17)26(31)29(25)14-15-32-23-21-19-12-6-7-13-20(19)33-24(21)28-22(27-23)16-8-2-1-3-9-16/h1-5,8-11H,6-7,12-15H2. The van der Waals surface area contributed by atoms with E-state index in [1.54, 1.807) is 35.6 Å². The van der Waals surface area contributed by atoms with Gasteiger partial charge in [0, 0.05) is 10.4 Å². The van der Waals surface area contributed by atoms with E-state index in [0.717, 1.165) is 35.0 Å². The van der Waals surface area contributed by atoms with Crippen LogP contribution in [0.4, 0.5) is 0 Å². The molecule has 0 spiro atoms. The number of hydrogen-bond donors (Lipinski definition) is 0. The lowest BCUT2D eigenvalue weighted by Gasteiger charge is -2.16. The summed E-state index contributed by atoms with van der Waals surface area (Å²) < 4.78 is 6.17. The molecule has 33 heavy (non-hydrogen) atoms. The Labute approximate surface area is 194 Å². The molecule has 2 aliphatic rings. The van der Waals surface area contributed by atoms with Crippen molar-refractivity contribution in [1.82, 2.24) is 14.9 Å². The highest BCUT2D eigenvalue weighted by molar-refractivity contribution is 7.18. The average molecular weight is 456 g/mol. The van der Waals surface area contributed by atoms with Gasteiger partial charge in [0.15, 0.2) is 5.82 Å². The van der Waals surface area contributed by atoms with E-state index in [2.05, 4.69) is 0 Å². The van der Waals surface area contributed by atoms with Crippen LogP contribution in [-0.4, -0.2) is 39.8 Å². The lowest BCUT2D eigenvalue weighted by molar-refractivity contribution is 0.0630. The smallest absolute Gasteiger partial charge is 0.261 e. The van der Waals surface area contributed by atoms with Gasteiger partial charge in [0.2, 0.25) is 5.88 Å². The van der Waals surface area contributed by atoms with Crippen LogP contribution in [0, 0.1) is 0 Å². The van der Waals surface area contributed by atoms with Gasteiger partial charge in [0.1, 0.15) is 11.4 Å². The Morgan fingerprint density at radius 2 is 1.58 bits per heavy atom. The summed E-state index contributed by atoms with van der Waals surface area (Å²) in [5.41, 5.74) is 3.11. The number of aromatic nitrogens is 2. The minimum Gasteiger partial charge on any atom is -0.475 e. The van der Waals surface area contributed by atoms with Crippen molar-refractivity contribution < 1.29 is 14.3 Å². The van der Waals surface area contributed by atoms with E-state index in [1.165, 1.54) is 21.8 Å². The van der Waals surface area contributed by atoms with Crippen LogP contribution in [-0.2, 0) is 12.8 Å². The number of imide groups is 1. The van der Waals surface area contributed by atoms with E-state index in [4.69, 9.17) is 14.7 Å². The predicted octanol–water partition coefficient (Wildman–Crippen LogP) is 4.91. The van der Waals surface area contributed by atoms with E-state index >= 15 is 0 Å². The first-order valence-corrected chi connectivity index (χ1v) is 12.0. The van der Waals surface area contributed by atoms with Gasteiger partial charge in [-0.25, -0.2) is 4.98 Å². The summed E-state index contributed by atoms with van der Waals surface area (Å²) >= 11 is 1.72. The number of hydrogen-bond acceptors (Lipinski definition) is 6. The molecular weight excluding hydrogens is 434 g/mol. The van der Waals surface area contributed by atoms with E-state index in [9.17, 15) is 9.59 Å². The van der Waals surface area contributed by atoms with Crippen LogP contribution in [0.25, 0.3) is 21.6 Å². The zero-order chi connectivity index (χ0) is 22.4. The Kier molecular flexibility index (Phi) is 4.91. The van der Waals surface area contributed by atoms with Gasteiger partial charge in [-0.1, -0.05) is 42.5 Å². The monoisotopic (exact) mass is 455 g/mol. The number of carbonyl (C=O) groups excluding carboxylic acids is 2. The molecule has 1 aliphatic heterocycles. The van der Waals surface area contributed by atoms with Crippen LogP contribution in [0.3, 0.4) is 0 Å². The minimum atomic E-state index is -0.273. The van der Waals surface area contributed by atoms with Crippen LogP contribution < -0.4 is 4.74 Å². The number of amides is 2. The summed E-state index contributed by atoms with van der Waals surface area (Å²) in [6.07, 6.45) is 4.39. The summed E-state index contributed by atoms with van der Waals surface area (Å²) in [4.78, 5) is 38.5. The first-order valence-electron chi connectivity index (χ1n) is 11.2. The normalized spacial score (nSPS) is 15.1. The maximum absolute atomic E-state index is 12.7. The Bertz CT molecular complexity index is 1360. The molecule has 0 unspecified atom stereocenters.